The van der Waals surface area contributed by atoms with E-state index >= 15 is 0 Å². The van der Waals surface area contributed by atoms with E-state index in [1.807, 2.05) is 6.08 Å². The summed E-state index contributed by atoms with van der Waals surface area (Å²) in [5.41, 5.74) is 0. The maximum absolute atomic E-state index is 12.8. The second-order valence-electron chi connectivity index (χ2n) is 14.9. The fourth-order valence-electron chi connectivity index (χ4n) is 6.56. The van der Waals surface area contributed by atoms with E-state index in [0.717, 1.165) is 51.4 Å². The fourth-order valence-corrected chi connectivity index (χ4v) is 7.53. The molecule has 0 radical (unpaired) electrons. The van der Waals surface area contributed by atoms with Crippen LogP contribution in [0.4, 0.5) is 0 Å². The normalized spacial score (nSPS) is 23.1. The Morgan fingerprint density at radius 3 is 1.43 bits per heavy atom. The Kier molecular flexibility index (Phi) is 29.7. The maximum Gasteiger partial charge on any atom is 0.472 e. The van der Waals surface area contributed by atoms with Gasteiger partial charge in [-0.2, -0.15) is 0 Å². The Balaban J connectivity index is 2.48. The van der Waals surface area contributed by atoms with Crippen LogP contribution in [0.15, 0.2) is 12.7 Å². The molecule has 0 bridgehead atoms. The lowest BCUT2D eigenvalue weighted by Crippen LogP contribution is -2.64. The summed E-state index contributed by atoms with van der Waals surface area (Å²) in [5, 5.41) is 50.0. The Labute approximate surface area is 324 Å². The van der Waals surface area contributed by atoms with E-state index in [1.165, 1.54) is 89.9 Å². The van der Waals surface area contributed by atoms with Crippen LogP contribution in [0.25, 0.3) is 0 Å². The Bertz CT molecular complexity index is 998. The quantitative estimate of drug-likeness (QED) is 0.0164. The van der Waals surface area contributed by atoms with Crippen molar-refractivity contribution in [1.29, 1.82) is 0 Å². The van der Waals surface area contributed by atoms with Gasteiger partial charge in [0, 0.05) is 12.8 Å². The van der Waals surface area contributed by atoms with Crippen LogP contribution in [0.2, 0.25) is 0 Å². The second kappa shape index (κ2) is 31.6. The van der Waals surface area contributed by atoms with Crippen LogP contribution < -0.4 is 0 Å². The third kappa shape index (κ3) is 24.3. The molecule has 318 valence electrons. The van der Waals surface area contributed by atoms with Crippen molar-refractivity contribution in [3.63, 3.8) is 0 Å². The summed E-state index contributed by atoms with van der Waals surface area (Å²) in [6, 6.07) is 0. The predicted molar refractivity (Wildman–Crippen MR) is 207 cm³/mol. The molecule has 0 spiro atoms. The van der Waals surface area contributed by atoms with E-state index in [0.29, 0.717) is 12.8 Å². The Morgan fingerprint density at radius 2 is 0.981 bits per heavy atom. The second-order valence-corrected chi connectivity index (χ2v) is 16.3. The van der Waals surface area contributed by atoms with Gasteiger partial charge >= 0.3 is 19.8 Å². The minimum Gasteiger partial charge on any atom is -0.462 e. The van der Waals surface area contributed by atoms with Gasteiger partial charge in [-0.3, -0.25) is 18.6 Å². The Hall–Kier alpha value is -1.41. The highest BCUT2D eigenvalue weighted by Gasteiger charge is 2.51. The number of hydrogen-bond acceptors (Lipinski definition) is 12. The van der Waals surface area contributed by atoms with Gasteiger partial charge in [0.2, 0.25) is 0 Å². The van der Waals surface area contributed by atoms with E-state index in [4.69, 9.17) is 18.5 Å². The first-order valence-electron chi connectivity index (χ1n) is 21.0. The van der Waals surface area contributed by atoms with E-state index in [9.17, 15) is 44.6 Å². The molecule has 0 aromatic rings. The first kappa shape index (κ1) is 50.6. The van der Waals surface area contributed by atoms with Gasteiger partial charge < -0.3 is 39.9 Å². The van der Waals surface area contributed by atoms with Gasteiger partial charge in [-0.1, -0.05) is 141 Å². The smallest absolute Gasteiger partial charge is 0.462 e. The summed E-state index contributed by atoms with van der Waals surface area (Å²) in [5.74, 6) is -1.10. The summed E-state index contributed by atoms with van der Waals surface area (Å²) >= 11 is 0. The molecule has 0 aromatic heterocycles. The Morgan fingerprint density at radius 1 is 0.593 bits per heavy atom. The molecule has 6 unspecified atom stereocenters. The lowest BCUT2D eigenvalue weighted by molar-refractivity contribution is -0.220. The van der Waals surface area contributed by atoms with E-state index in [-0.39, 0.29) is 12.8 Å². The molecule has 13 nitrogen and oxygen atoms in total. The monoisotopic (exact) mass is 794 g/mol. The van der Waals surface area contributed by atoms with E-state index in [1.54, 1.807) is 0 Å². The molecule has 0 aromatic carbocycles. The number of unbranched alkanes of at least 4 members (excludes halogenated alkanes) is 22. The van der Waals surface area contributed by atoms with Crippen LogP contribution in [0.1, 0.15) is 174 Å². The number of carbonyl (C=O) groups excluding carboxylic acids is 2. The van der Waals surface area contributed by atoms with Crippen LogP contribution in [-0.2, 0) is 32.7 Å². The average molecular weight is 795 g/mol. The molecular formula is C40H75O13P. The first-order valence-corrected chi connectivity index (χ1v) is 22.4. The zero-order valence-corrected chi connectivity index (χ0v) is 34.0. The highest BCUT2D eigenvalue weighted by atomic mass is 31.2. The summed E-state index contributed by atoms with van der Waals surface area (Å²) in [4.78, 5) is 35.5. The summed E-state index contributed by atoms with van der Waals surface area (Å²) in [7, 11) is -5.10. The zero-order chi connectivity index (χ0) is 40.0. The molecule has 1 fully saturated rings. The van der Waals surface area contributed by atoms with Crippen LogP contribution in [-0.4, -0.2) is 98.3 Å². The van der Waals surface area contributed by atoms with Gasteiger partial charge in [0.15, 0.2) is 6.10 Å². The lowest BCUT2D eigenvalue weighted by Gasteiger charge is -2.41. The number of phosphoric acid groups is 1. The summed E-state index contributed by atoms with van der Waals surface area (Å²) in [6.07, 6.45) is 16.0. The molecule has 6 N–H and O–H groups in total. The number of rotatable bonds is 35. The number of aliphatic hydroxyl groups is 5. The van der Waals surface area contributed by atoms with Crippen molar-refractivity contribution in [3.8, 4) is 0 Å². The molecule has 1 aliphatic rings. The SMILES string of the molecule is C=CCCCCCCCCCCCCCCCC(=O)O[C@H](COC(=O)CCCCCCCCCCCC)COP(=O)(O)OC1C(O)C(O)C(O)[C@@H](O)C1O. The van der Waals surface area contributed by atoms with Gasteiger partial charge in [0.25, 0.3) is 0 Å². The van der Waals surface area contributed by atoms with Crippen LogP contribution in [0.5, 0.6) is 0 Å². The number of carbonyl (C=O) groups is 2. The molecule has 1 saturated carbocycles. The summed E-state index contributed by atoms with van der Waals surface area (Å²) < 4.78 is 33.4. The minimum absolute atomic E-state index is 0.0989. The van der Waals surface area contributed by atoms with Crippen LogP contribution in [0, 0.1) is 0 Å². The maximum atomic E-state index is 12.8. The zero-order valence-electron chi connectivity index (χ0n) is 33.1. The van der Waals surface area contributed by atoms with Crippen molar-refractivity contribution >= 4 is 19.8 Å². The van der Waals surface area contributed by atoms with Crippen molar-refractivity contribution in [3.05, 3.63) is 12.7 Å². The number of ether oxygens (including phenoxy) is 2. The lowest BCUT2D eigenvalue weighted by atomic mass is 9.85. The van der Waals surface area contributed by atoms with Crippen molar-refractivity contribution in [1.82, 2.24) is 0 Å². The largest absolute Gasteiger partial charge is 0.472 e. The van der Waals surface area contributed by atoms with Crippen LogP contribution in [0.3, 0.4) is 0 Å². The molecule has 1 rings (SSSR count). The van der Waals surface area contributed by atoms with Gasteiger partial charge in [0.1, 0.15) is 43.2 Å². The average Bonchev–Trinajstić information content (AvgIpc) is 3.15. The van der Waals surface area contributed by atoms with Gasteiger partial charge in [-0.05, 0) is 25.7 Å². The van der Waals surface area contributed by atoms with Crippen molar-refractivity contribution < 1.29 is 63.1 Å². The molecule has 0 amide bonds. The molecule has 8 atom stereocenters. The number of hydrogen-bond donors (Lipinski definition) is 6. The predicted octanol–water partition coefficient (Wildman–Crippen LogP) is 7.11. The molecule has 14 heteroatoms. The van der Waals surface area contributed by atoms with Gasteiger partial charge in [-0.15, -0.1) is 6.58 Å². The number of allylic oxidation sites excluding steroid dienone is 1. The van der Waals surface area contributed by atoms with Crippen molar-refractivity contribution in [2.75, 3.05) is 13.2 Å². The molecule has 0 saturated heterocycles. The molecular weight excluding hydrogens is 719 g/mol. The molecule has 0 aliphatic heterocycles. The van der Waals surface area contributed by atoms with E-state index < -0.39 is 75.7 Å². The third-order valence-corrected chi connectivity index (χ3v) is 11.0. The van der Waals surface area contributed by atoms with E-state index in [2.05, 4.69) is 13.5 Å². The summed E-state index contributed by atoms with van der Waals surface area (Å²) in [6.45, 7) is 4.79. The fraction of sp³-hybridized carbons (Fsp3) is 0.900. The van der Waals surface area contributed by atoms with Gasteiger partial charge in [-0.25, -0.2) is 4.57 Å². The van der Waals surface area contributed by atoms with Gasteiger partial charge in [0.05, 0.1) is 6.61 Å². The van der Waals surface area contributed by atoms with Crippen molar-refractivity contribution in [2.24, 2.45) is 0 Å². The van der Waals surface area contributed by atoms with Crippen LogP contribution >= 0.6 is 7.82 Å². The highest BCUT2D eigenvalue weighted by Crippen LogP contribution is 2.47. The molecule has 0 heterocycles. The molecule has 54 heavy (non-hydrogen) atoms. The topological polar surface area (TPSA) is 210 Å². The third-order valence-electron chi connectivity index (χ3n) is 10.0. The first-order chi connectivity index (χ1) is 25.9. The number of esters is 2. The molecule has 1 aliphatic carbocycles. The number of phosphoric ester groups is 1. The highest BCUT2D eigenvalue weighted by molar-refractivity contribution is 7.47. The van der Waals surface area contributed by atoms with Crippen molar-refractivity contribution in [2.45, 2.75) is 217 Å². The standard InChI is InChI=1S/C40H75O13P/c1-3-5-7-9-11-13-15-16-17-18-19-21-23-25-27-29-34(42)52-32(30-50-33(41)28-26-24-22-20-14-12-10-8-6-4-2)31-51-54(48,49)53-40-38(46)36(44)35(43)37(45)39(40)47/h3,32,35-40,43-47H,1,4-31H2,2H3,(H,48,49)/t32-,35?,36-,37?,38?,39?,40?/m1/s1. The number of aliphatic hydroxyl groups excluding tert-OH is 5. The minimum atomic E-state index is -5.10.